The number of hydrogen-bond acceptors (Lipinski definition) is 5. The number of nitrogens with two attached hydrogens (primary N) is 1. The number of nitrogens with zero attached hydrogens (tertiary/aromatic N) is 2. The largest absolute Gasteiger partial charge is 0.387 e. The average Bonchev–Trinajstić information content (AvgIpc) is 2.37. The number of carbonyl (C=O) groups is 1. The van der Waals surface area contributed by atoms with Gasteiger partial charge in [-0.3, -0.25) is 19.8 Å². The molecule has 1 atom stereocenters. The fourth-order valence-electron chi connectivity index (χ4n) is 1.83. The van der Waals surface area contributed by atoms with Gasteiger partial charge >= 0.3 is 0 Å². The third-order valence-corrected chi connectivity index (χ3v) is 2.96. The molecule has 1 amide bonds. The van der Waals surface area contributed by atoms with Crippen LogP contribution in [0.1, 0.15) is 25.5 Å². The quantitative estimate of drug-likeness (QED) is 0.568. The van der Waals surface area contributed by atoms with Crippen LogP contribution in [0.2, 0.25) is 0 Å². The van der Waals surface area contributed by atoms with Crippen molar-refractivity contribution in [3.8, 4) is 0 Å². The summed E-state index contributed by atoms with van der Waals surface area (Å²) in [5, 5.41) is 20.8. The van der Waals surface area contributed by atoms with Gasteiger partial charge in [0.25, 0.3) is 5.69 Å². The van der Waals surface area contributed by atoms with Gasteiger partial charge in [0.15, 0.2) is 0 Å². The molecule has 0 fully saturated rings. The van der Waals surface area contributed by atoms with Gasteiger partial charge in [-0.2, -0.15) is 0 Å². The number of non-ortho nitro benzene ring substituents is 1. The number of aliphatic hydroxyl groups is 1. The van der Waals surface area contributed by atoms with Crippen molar-refractivity contribution in [2.45, 2.75) is 26.0 Å². The number of aliphatic hydroxyl groups excluding tert-OH is 1. The van der Waals surface area contributed by atoms with Crippen LogP contribution >= 0.6 is 0 Å². The van der Waals surface area contributed by atoms with Crippen LogP contribution in [0.25, 0.3) is 0 Å². The predicted octanol–water partition coefficient (Wildman–Crippen LogP) is 0.824. The highest BCUT2D eigenvalue weighted by molar-refractivity contribution is 5.75. The minimum absolute atomic E-state index is 0.0239. The number of benzene rings is 1. The second-order valence-corrected chi connectivity index (χ2v) is 4.86. The van der Waals surface area contributed by atoms with Crippen LogP contribution in [0.15, 0.2) is 24.3 Å². The van der Waals surface area contributed by atoms with Crippen molar-refractivity contribution < 1.29 is 14.8 Å². The number of nitro benzene ring substituents is 1. The maximum atomic E-state index is 11.0. The smallest absolute Gasteiger partial charge is 0.269 e. The number of amides is 1. The molecular formula is C13H19N3O4. The SMILES string of the molecule is CC(C)N(CC(N)=O)CC(O)c1cccc([N+](=O)[O-])c1. The van der Waals surface area contributed by atoms with E-state index in [1.807, 2.05) is 13.8 Å². The lowest BCUT2D eigenvalue weighted by Crippen LogP contribution is -2.40. The van der Waals surface area contributed by atoms with Crippen molar-refractivity contribution in [2.75, 3.05) is 13.1 Å². The van der Waals surface area contributed by atoms with Crippen molar-refractivity contribution >= 4 is 11.6 Å². The molecule has 0 aliphatic heterocycles. The third kappa shape index (κ3) is 4.60. The Bertz CT molecular complexity index is 490. The zero-order valence-electron chi connectivity index (χ0n) is 11.5. The van der Waals surface area contributed by atoms with Crippen LogP contribution in [0, 0.1) is 10.1 Å². The summed E-state index contributed by atoms with van der Waals surface area (Å²) in [7, 11) is 0. The number of carbonyl (C=O) groups excluding carboxylic acids is 1. The molecule has 1 aromatic carbocycles. The van der Waals surface area contributed by atoms with Crippen LogP contribution in [0.3, 0.4) is 0 Å². The number of hydrogen-bond donors (Lipinski definition) is 2. The van der Waals surface area contributed by atoms with E-state index in [4.69, 9.17) is 5.73 Å². The summed E-state index contributed by atoms with van der Waals surface area (Å²) in [6.07, 6.45) is -0.920. The normalized spacial score (nSPS) is 12.7. The molecule has 0 bridgehead atoms. The van der Waals surface area contributed by atoms with E-state index in [-0.39, 0.29) is 24.8 Å². The Hall–Kier alpha value is -1.99. The van der Waals surface area contributed by atoms with Crippen molar-refractivity contribution in [1.82, 2.24) is 4.90 Å². The van der Waals surface area contributed by atoms with E-state index in [0.29, 0.717) is 5.56 Å². The Morgan fingerprint density at radius 2 is 2.15 bits per heavy atom. The fraction of sp³-hybridized carbons (Fsp3) is 0.462. The molecule has 0 saturated heterocycles. The standard InChI is InChI=1S/C13H19N3O4/c1-9(2)15(8-13(14)18)7-12(17)10-4-3-5-11(6-10)16(19)20/h3-6,9,12,17H,7-8H2,1-2H3,(H2,14,18). The van der Waals surface area contributed by atoms with Gasteiger partial charge in [0.05, 0.1) is 17.6 Å². The van der Waals surface area contributed by atoms with Crippen molar-refractivity contribution in [1.29, 1.82) is 0 Å². The lowest BCUT2D eigenvalue weighted by Gasteiger charge is -2.27. The molecule has 0 heterocycles. The van der Waals surface area contributed by atoms with E-state index in [0.717, 1.165) is 0 Å². The van der Waals surface area contributed by atoms with Gasteiger partial charge in [-0.05, 0) is 19.4 Å². The first-order valence-corrected chi connectivity index (χ1v) is 6.26. The summed E-state index contributed by atoms with van der Waals surface area (Å²) in [6, 6.07) is 5.84. The molecule has 0 radical (unpaired) electrons. The fourth-order valence-corrected chi connectivity index (χ4v) is 1.83. The summed E-state index contributed by atoms with van der Waals surface area (Å²) >= 11 is 0. The average molecular weight is 281 g/mol. The van der Waals surface area contributed by atoms with Gasteiger partial charge in [-0.15, -0.1) is 0 Å². The van der Waals surface area contributed by atoms with Gasteiger partial charge in [-0.1, -0.05) is 12.1 Å². The van der Waals surface area contributed by atoms with Gasteiger partial charge in [0, 0.05) is 24.7 Å². The van der Waals surface area contributed by atoms with Crippen LogP contribution in [0.4, 0.5) is 5.69 Å². The van der Waals surface area contributed by atoms with E-state index in [2.05, 4.69) is 0 Å². The molecular weight excluding hydrogens is 262 g/mol. The Morgan fingerprint density at radius 1 is 1.50 bits per heavy atom. The first kappa shape index (κ1) is 16.1. The highest BCUT2D eigenvalue weighted by Gasteiger charge is 2.19. The Labute approximate surface area is 117 Å². The van der Waals surface area contributed by atoms with Gasteiger partial charge in [0.2, 0.25) is 5.91 Å². The van der Waals surface area contributed by atoms with E-state index >= 15 is 0 Å². The molecule has 20 heavy (non-hydrogen) atoms. The summed E-state index contributed by atoms with van der Waals surface area (Å²) in [4.78, 5) is 22.9. The maximum absolute atomic E-state index is 11.0. The Morgan fingerprint density at radius 3 is 2.65 bits per heavy atom. The molecule has 0 aliphatic rings. The van der Waals surface area contributed by atoms with E-state index in [9.17, 15) is 20.0 Å². The lowest BCUT2D eigenvalue weighted by molar-refractivity contribution is -0.385. The summed E-state index contributed by atoms with van der Waals surface area (Å²) < 4.78 is 0. The Balaban J connectivity index is 2.83. The van der Waals surface area contributed by atoms with Crippen molar-refractivity contribution in [3.05, 3.63) is 39.9 Å². The predicted molar refractivity (Wildman–Crippen MR) is 74.0 cm³/mol. The highest BCUT2D eigenvalue weighted by atomic mass is 16.6. The molecule has 0 aliphatic carbocycles. The van der Waals surface area contributed by atoms with Crippen LogP contribution in [-0.4, -0.2) is 40.0 Å². The molecule has 110 valence electrons. The molecule has 1 aromatic rings. The first-order chi connectivity index (χ1) is 9.31. The second-order valence-electron chi connectivity index (χ2n) is 4.86. The first-order valence-electron chi connectivity index (χ1n) is 6.26. The van der Waals surface area contributed by atoms with Gasteiger partial charge < -0.3 is 10.8 Å². The number of primary amides is 1. The van der Waals surface area contributed by atoms with Crippen LogP contribution in [-0.2, 0) is 4.79 Å². The lowest BCUT2D eigenvalue weighted by atomic mass is 10.1. The van der Waals surface area contributed by atoms with Gasteiger partial charge in [0.1, 0.15) is 0 Å². The molecule has 7 nitrogen and oxygen atoms in total. The van der Waals surface area contributed by atoms with E-state index in [1.165, 1.54) is 18.2 Å². The summed E-state index contributed by atoms with van der Waals surface area (Å²) in [6.45, 7) is 3.97. The highest BCUT2D eigenvalue weighted by Crippen LogP contribution is 2.20. The van der Waals surface area contributed by atoms with E-state index < -0.39 is 16.9 Å². The molecule has 7 heteroatoms. The van der Waals surface area contributed by atoms with Crippen molar-refractivity contribution in [3.63, 3.8) is 0 Å². The van der Waals surface area contributed by atoms with Crippen molar-refractivity contribution in [2.24, 2.45) is 5.73 Å². The monoisotopic (exact) mass is 281 g/mol. The molecule has 0 aromatic heterocycles. The van der Waals surface area contributed by atoms with Crippen LogP contribution < -0.4 is 5.73 Å². The number of nitro groups is 1. The minimum atomic E-state index is -0.920. The molecule has 1 rings (SSSR count). The zero-order valence-corrected chi connectivity index (χ0v) is 11.5. The maximum Gasteiger partial charge on any atom is 0.269 e. The second kappa shape index (κ2) is 6.97. The molecule has 0 saturated carbocycles. The topological polar surface area (TPSA) is 110 Å². The molecule has 3 N–H and O–H groups in total. The minimum Gasteiger partial charge on any atom is -0.387 e. The van der Waals surface area contributed by atoms with Crippen LogP contribution in [0.5, 0.6) is 0 Å². The summed E-state index contributed by atoms with van der Waals surface area (Å²) in [5.41, 5.74) is 5.52. The Kier molecular flexibility index (Phi) is 5.60. The van der Waals surface area contributed by atoms with Gasteiger partial charge in [-0.25, -0.2) is 0 Å². The number of rotatable bonds is 7. The summed E-state index contributed by atoms with van der Waals surface area (Å²) in [5.74, 6) is -0.482. The molecule has 0 spiro atoms. The molecule has 1 unspecified atom stereocenters. The zero-order chi connectivity index (χ0) is 15.3. The third-order valence-electron chi connectivity index (χ3n) is 2.96. The van der Waals surface area contributed by atoms with E-state index in [1.54, 1.807) is 11.0 Å².